The first-order valence-electron chi connectivity index (χ1n) is 13.1. The van der Waals surface area contributed by atoms with Gasteiger partial charge in [-0.05, 0) is 102 Å². The van der Waals surface area contributed by atoms with Gasteiger partial charge in [0.25, 0.3) is 0 Å². The number of hydrogen-bond donors (Lipinski definition) is 1. The molecule has 0 saturated carbocycles. The van der Waals surface area contributed by atoms with Crippen LogP contribution >= 0.6 is 0 Å². The number of benzene rings is 3. The second-order valence-electron chi connectivity index (χ2n) is 10.3. The van der Waals surface area contributed by atoms with Crippen LogP contribution < -0.4 is 0 Å². The molecular formula is C32H29F4NO2. The Bertz CT molecular complexity index is 1480. The van der Waals surface area contributed by atoms with Crippen LogP contribution in [0.5, 0.6) is 0 Å². The molecule has 39 heavy (non-hydrogen) atoms. The van der Waals surface area contributed by atoms with Gasteiger partial charge in [0.1, 0.15) is 17.5 Å². The number of fused-ring (bicyclic) bond motifs is 1. The van der Waals surface area contributed by atoms with Gasteiger partial charge < -0.3 is 5.11 Å². The zero-order valence-electron chi connectivity index (χ0n) is 21.7. The number of likely N-dealkylation sites (tertiary alicyclic amines) is 1. The number of aryl methyl sites for hydroxylation is 2. The summed E-state index contributed by atoms with van der Waals surface area (Å²) in [6.07, 6.45) is 3.98. The number of carboxylic acid groups (broad SMARTS) is 1. The fourth-order valence-electron chi connectivity index (χ4n) is 5.68. The van der Waals surface area contributed by atoms with Gasteiger partial charge in [0.2, 0.25) is 0 Å². The molecule has 7 heteroatoms. The van der Waals surface area contributed by atoms with E-state index < -0.39 is 23.4 Å². The molecule has 0 atom stereocenters. The number of aromatic carboxylic acids is 1. The molecule has 3 aromatic rings. The molecule has 202 valence electrons. The smallest absolute Gasteiger partial charge is 0.335 e. The number of carboxylic acids is 1. The molecule has 0 radical (unpaired) electrons. The molecule has 1 heterocycles. The Morgan fingerprint density at radius 1 is 0.974 bits per heavy atom. The maximum Gasteiger partial charge on any atom is 0.335 e. The number of nitrogens with zero attached hydrogens (tertiary/aromatic N) is 1. The van der Waals surface area contributed by atoms with Crippen molar-refractivity contribution in [2.45, 2.75) is 32.6 Å². The average molecular weight is 536 g/mol. The van der Waals surface area contributed by atoms with E-state index >= 15 is 8.78 Å². The summed E-state index contributed by atoms with van der Waals surface area (Å²) in [6, 6.07) is 11.5. The van der Waals surface area contributed by atoms with Crippen molar-refractivity contribution in [2.75, 3.05) is 26.3 Å². The van der Waals surface area contributed by atoms with Crippen LogP contribution in [0.15, 0.2) is 54.1 Å². The lowest BCUT2D eigenvalue weighted by Crippen LogP contribution is -2.40. The van der Waals surface area contributed by atoms with Crippen LogP contribution in [-0.2, 0) is 6.42 Å². The molecule has 0 amide bonds. The molecule has 1 fully saturated rings. The summed E-state index contributed by atoms with van der Waals surface area (Å²) in [7, 11) is 0. The van der Waals surface area contributed by atoms with Crippen LogP contribution in [0.2, 0.25) is 0 Å². The van der Waals surface area contributed by atoms with Crippen molar-refractivity contribution in [2.24, 2.45) is 0 Å². The van der Waals surface area contributed by atoms with Gasteiger partial charge in [-0.1, -0.05) is 18.2 Å². The molecule has 5 rings (SSSR count). The fraction of sp³-hybridized carbons (Fsp3) is 0.281. The first-order valence-corrected chi connectivity index (χ1v) is 13.1. The lowest BCUT2D eigenvalue weighted by atomic mass is 9.84. The minimum Gasteiger partial charge on any atom is -0.478 e. The third-order valence-corrected chi connectivity index (χ3v) is 7.44. The summed E-state index contributed by atoms with van der Waals surface area (Å²) in [5.41, 5.74) is 5.60. The van der Waals surface area contributed by atoms with Crippen LogP contribution in [0.1, 0.15) is 63.0 Å². The van der Waals surface area contributed by atoms with Gasteiger partial charge in [-0.15, -0.1) is 0 Å². The monoisotopic (exact) mass is 535 g/mol. The summed E-state index contributed by atoms with van der Waals surface area (Å²) >= 11 is 0. The Morgan fingerprint density at radius 3 is 2.44 bits per heavy atom. The van der Waals surface area contributed by atoms with E-state index in [4.69, 9.17) is 0 Å². The highest BCUT2D eigenvalue weighted by Gasteiger charge is 2.26. The number of carbonyl (C=O) groups is 1. The van der Waals surface area contributed by atoms with E-state index in [9.17, 15) is 18.7 Å². The normalized spacial score (nSPS) is 15.6. The second kappa shape index (κ2) is 11.2. The molecule has 2 aliphatic rings. The lowest BCUT2D eigenvalue weighted by molar-refractivity contribution is 0.0696. The van der Waals surface area contributed by atoms with Crippen LogP contribution in [0.25, 0.3) is 17.2 Å². The number of allylic oxidation sites excluding steroid dienone is 1. The standard InChI is InChI=1S/C32H29F4NO2/c1-19-12-20(13-21-17-37(18-21)11-3-10-33)14-29(36)30(19)31-25-8-6-23(32(38)39)15-22(25)4-2-5-27(31)26-9-7-24(34)16-28(26)35/h6-9,12-16H,2-5,10-11,17-18H2,1H3,(H,38,39). The van der Waals surface area contributed by atoms with Gasteiger partial charge in [-0.25, -0.2) is 18.0 Å². The van der Waals surface area contributed by atoms with E-state index in [0.717, 1.165) is 30.3 Å². The summed E-state index contributed by atoms with van der Waals surface area (Å²) in [5, 5.41) is 9.52. The third kappa shape index (κ3) is 5.55. The lowest BCUT2D eigenvalue weighted by Gasteiger charge is -2.33. The highest BCUT2D eigenvalue weighted by molar-refractivity contribution is 6.01. The topological polar surface area (TPSA) is 40.5 Å². The van der Waals surface area contributed by atoms with Crippen molar-refractivity contribution in [1.82, 2.24) is 4.90 Å². The van der Waals surface area contributed by atoms with Crippen LogP contribution in [0.4, 0.5) is 17.6 Å². The first kappa shape index (κ1) is 26.9. The summed E-state index contributed by atoms with van der Waals surface area (Å²) in [4.78, 5) is 13.8. The van der Waals surface area contributed by atoms with Crippen LogP contribution in [0, 0.1) is 24.4 Å². The maximum atomic E-state index is 16.0. The molecule has 0 bridgehead atoms. The summed E-state index contributed by atoms with van der Waals surface area (Å²) < 4.78 is 57.3. The van der Waals surface area contributed by atoms with Gasteiger partial charge in [-0.2, -0.15) is 0 Å². The van der Waals surface area contributed by atoms with E-state index in [1.54, 1.807) is 19.1 Å². The molecule has 0 unspecified atom stereocenters. The van der Waals surface area contributed by atoms with Crippen molar-refractivity contribution in [3.8, 4) is 0 Å². The van der Waals surface area contributed by atoms with Gasteiger partial charge in [0.15, 0.2) is 0 Å². The quantitative estimate of drug-likeness (QED) is 0.319. The molecule has 1 aliphatic heterocycles. The van der Waals surface area contributed by atoms with Crippen molar-refractivity contribution in [1.29, 1.82) is 0 Å². The molecule has 3 nitrogen and oxygen atoms in total. The summed E-state index contributed by atoms with van der Waals surface area (Å²) in [5.74, 6) is -2.95. The van der Waals surface area contributed by atoms with Crippen molar-refractivity contribution in [3.05, 3.63) is 110 Å². The number of alkyl halides is 1. The predicted octanol–water partition coefficient (Wildman–Crippen LogP) is 7.46. The zero-order chi connectivity index (χ0) is 27.7. The Labute approximate surface area is 225 Å². The van der Waals surface area contributed by atoms with E-state index in [1.807, 2.05) is 12.1 Å². The molecule has 1 N–H and O–H groups in total. The predicted molar refractivity (Wildman–Crippen MR) is 145 cm³/mol. The molecule has 1 saturated heterocycles. The van der Waals surface area contributed by atoms with Gasteiger partial charge in [0.05, 0.1) is 12.2 Å². The number of halogens is 4. The Balaban J connectivity index is 1.64. The average Bonchev–Trinajstić information content (AvgIpc) is 3.04. The van der Waals surface area contributed by atoms with Crippen molar-refractivity contribution in [3.63, 3.8) is 0 Å². The Hall–Kier alpha value is -3.71. The van der Waals surface area contributed by atoms with Gasteiger partial charge >= 0.3 is 5.97 Å². The number of rotatable bonds is 7. The fourth-order valence-corrected chi connectivity index (χ4v) is 5.68. The highest BCUT2D eigenvalue weighted by Crippen LogP contribution is 2.43. The Morgan fingerprint density at radius 2 is 1.74 bits per heavy atom. The summed E-state index contributed by atoms with van der Waals surface area (Å²) in [6.45, 7) is 3.60. The van der Waals surface area contributed by atoms with E-state index in [2.05, 4.69) is 4.90 Å². The van der Waals surface area contributed by atoms with E-state index in [-0.39, 0.29) is 17.8 Å². The van der Waals surface area contributed by atoms with Gasteiger partial charge in [0, 0.05) is 36.8 Å². The first-order chi connectivity index (χ1) is 18.7. The highest BCUT2D eigenvalue weighted by atomic mass is 19.1. The Kier molecular flexibility index (Phi) is 7.71. The maximum absolute atomic E-state index is 16.0. The second-order valence-corrected chi connectivity index (χ2v) is 10.3. The molecule has 0 aromatic heterocycles. The van der Waals surface area contributed by atoms with Crippen LogP contribution in [0.3, 0.4) is 0 Å². The molecule has 1 aliphatic carbocycles. The molecular weight excluding hydrogens is 506 g/mol. The minimum absolute atomic E-state index is 0.129. The SMILES string of the molecule is Cc1cc(C=C2CN(CCCF)C2)cc(F)c1C1=C(c2ccc(F)cc2F)CCCc2cc(C(=O)O)ccc21. The van der Waals surface area contributed by atoms with Crippen molar-refractivity contribution < 1.29 is 27.5 Å². The van der Waals surface area contributed by atoms with Crippen molar-refractivity contribution >= 4 is 23.2 Å². The van der Waals surface area contributed by atoms with E-state index in [1.165, 1.54) is 24.3 Å². The van der Waals surface area contributed by atoms with Crippen LogP contribution in [-0.4, -0.2) is 42.3 Å². The largest absolute Gasteiger partial charge is 0.478 e. The minimum atomic E-state index is -1.06. The third-order valence-electron chi connectivity index (χ3n) is 7.44. The zero-order valence-corrected chi connectivity index (χ0v) is 21.7. The molecule has 3 aromatic carbocycles. The number of hydrogen-bond acceptors (Lipinski definition) is 2. The molecule has 0 spiro atoms. The van der Waals surface area contributed by atoms with Gasteiger partial charge in [-0.3, -0.25) is 9.29 Å². The van der Waals surface area contributed by atoms with E-state index in [0.29, 0.717) is 65.6 Å².